The summed E-state index contributed by atoms with van der Waals surface area (Å²) in [6.45, 7) is -0.214. The van der Waals surface area contributed by atoms with E-state index in [0.717, 1.165) is 22.3 Å². The van der Waals surface area contributed by atoms with Gasteiger partial charge in [-0.15, -0.1) is 0 Å². The predicted molar refractivity (Wildman–Crippen MR) is 148 cm³/mol. The van der Waals surface area contributed by atoms with Crippen molar-refractivity contribution < 1.29 is 66.8 Å². The Morgan fingerprint density at radius 1 is 0.596 bits per heavy atom. The van der Waals surface area contributed by atoms with E-state index < -0.39 is 97.4 Å². The first-order chi connectivity index (χ1) is 22.4. The maximum absolute atomic E-state index is 13.3. The molecule has 0 radical (unpaired) electrons. The third kappa shape index (κ3) is 7.15. The molecule has 0 N–H and O–H groups in total. The number of esters is 1. The van der Waals surface area contributed by atoms with Gasteiger partial charge in [0, 0.05) is 6.92 Å². The summed E-state index contributed by atoms with van der Waals surface area (Å²) in [5.41, 5.74) is 0.740. The number of hydrogen-bond donors (Lipinski definition) is 0. The van der Waals surface area contributed by atoms with Crippen molar-refractivity contribution in [2.75, 3.05) is 26.4 Å². The summed E-state index contributed by atoms with van der Waals surface area (Å²) < 4.78 is 25.0. The van der Waals surface area contributed by atoms with Crippen LogP contribution < -0.4 is 0 Å². The van der Waals surface area contributed by atoms with E-state index in [2.05, 4.69) is 0 Å². The van der Waals surface area contributed by atoms with Gasteiger partial charge in [0.1, 0.15) is 33.0 Å². The van der Waals surface area contributed by atoms with Crippen LogP contribution >= 0.6 is 0 Å². The quantitative estimate of drug-likeness (QED) is 0.250. The second kappa shape index (κ2) is 13.8. The van der Waals surface area contributed by atoms with Crippen LogP contribution in [0.1, 0.15) is 38.2 Å². The lowest BCUT2D eigenvalue weighted by molar-refractivity contribution is -0.146. The lowest BCUT2D eigenvalue weighted by atomic mass is 10.1. The Balaban J connectivity index is 1.18. The van der Waals surface area contributed by atoms with Crippen molar-refractivity contribution in [1.29, 1.82) is 0 Å². The third-order valence-electron chi connectivity index (χ3n) is 7.87. The fourth-order valence-corrected chi connectivity index (χ4v) is 5.63. The van der Waals surface area contributed by atoms with Crippen molar-refractivity contribution in [3.8, 4) is 0 Å². The lowest BCUT2D eigenvalue weighted by Gasteiger charge is -2.25. The SMILES string of the molecule is CC(=O)N1C(=O)OC[C@@H]1CC(=O)N1C(=O)OC[C@@H]1CC(=O)N1C(=O)OC[C@@H]1CC(=O)N1C(=O)OC[C@@H]1CC(=O)OCc1ccccc1. The van der Waals surface area contributed by atoms with E-state index in [4.69, 9.17) is 23.7 Å². The lowest BCUT2D eigenvalue weighted by Crippen LogP contribution is -2.48. The zero-order valence-corrected chi connectivity index (χ0v) is 25.1. The van der Waals surface area contributed by atoms with Crippen LogP contribution in [0.25, 0.3) is 0 Å². The molecule has 4 fully saturated rings. The van der Waals surface area contributed by atoms with Gasteiger partial charge in [0.2, 0.25) is 23.6 Å². The minimum Gasteiger partial charge on any atom is -0.461 e. The average Bonchev–Trinajstić information content (AvgIpc) is 3.78. The maximum atomic E-state index is 13.3. The van der Waals surface area contributed by atoms with Crippen LogP contribution in [-0.2, 0) is 54.3 Å². The number of hydrogen-bond acceptors (Lipinski definition) is 14. The van der Waals surface area contributed by atoms with Gasteiger partial charge >= 0.3 is 30.3 Å². The second-order valence-electron chi connectivity index (χ2n) is 11.1. The third-order valence-corrected chi connectivity index (χ3v) is 7.87. The molecule has 1 aromatic carbocycles. The number of carbonyl (C=O) groups is 9. The molecule has 8 amide bonds. The highest BCUT2D eigenvalue weighted by molar-refractivity contribution is 5.99. The van der Waals surface area contributed by atoms with Crippen molar-refractivity contribution in [2.24, 2.45) is 0 Å². The summed E-state index contributed by atoms with van der Waals surface area (Å²) in [5, 5.41) is 0. The van der Waals surface area contributed by atoms with E-state index in [9.17, 15) is 43.2 Å². The van der Waals surface area contributed by atoms with E-state index in [1.54, 1.807) is 30.3 Å². The molecule has 0 unspecified atom stereocenters. The molecule has 4 atom stereocenters. The maximum Gasteiger partial charge on any atom is 0.416 e. The summed E-state index contributed by atoms with van der Waals surface area (Å²) in [6, 6.07) is 4.59. The van der Waals surface area contributed by atoms with Gasteiger partial charge < -0.3 is 23.7 Å². The number of rotatable bonds is 10. The molecular weight excluding hydrogens is 628 g/mol. The number of amides is 8. The first kappa shape index (κ1) is 32.8. The normalized spacial score (nSPS) is 23.8. The van der Waals surface area contributed by atoms with Gasteiger partial charge in [-0.25, -0.2) is 38.8 Å². The Kier molecular flexibility index (Phi) is 9.67. The van der Waals surface area contributed by atoms with E-state index in [0.29, 0.717) is 9.80 Å². The van der Waals surface area contributed by atoms with Crippen molar-refractivity contribution >= 4 is 54.0 Å². The molecule has 18 heteroatoms. The first-order valence-electron chi connectivity index (χ1n) is 14.6. The molecular formula is C29H30N4O14. The van der Waals surface area contributed by atoms with Gasteiger partial charge in [-0.1, -0.05) is 30.3 Å². The zero-order valence-electron chi connectivity index (χ0n) is 25.1. The molecule has 47 heavy (non-hydrogen) atoms. The molecule has 1 aromatic rings. The predicted octanol–water partition coefficient (Wildman–Crippen LogP) is 0.700. The number of imide groups is 4. The molecule has 0 aliphatic carbocycles. The number of cyclic esters (lactones) is 4. The molecule has 0 spiro atoms. The monoisotopic (exact) mass is 658 g/mol. The molecule has 18 nitrogen and oxygen atoms in total. The number of ether oxygens (including phenoxy) is 5. The molecule has 4 aliphatic rings. The molecule has 0 saturated carbocycles. The second-order valence-corrected chi connectivity index (χ2v) is 11.1. The topological polar surface area (TPSA) is 213 Å². The number of nitrogens with zero attached hydrogens (tertiary/aromatic N) is 4. The molecule has 250 valence electrons. The Bertz CT molecular complexity index is 1500. The van der Waals surface area contributed by atoms with Gasteiger partial charge in [-0.3, -0.25) is 24.0 Å². The van der Waals surface area contributed by atoms with Crippen molar-refractivity contribution in [2.45, 2.75) is 63.4 Å². The van der Waals surface area contributed by atoms with E-state index in [-0.39, 0.29) is 39.5 Å². The summed E-state index contributed by atoms with van der Waals surface area (Å²) in [4.78, 5) is 116. The fourth-order valence-electron chi connectivity index (χ4n) is 5.63. The van der Waals surface area contributed by atoms with Crippen LogP contribution in [-0.4, -0.2) is 124 Å². The average molecular weight is 659 g/mol. The zero-order chi connectivity index (χ0) is 33.8. The van der Waals surface area contributed by atoms with Crippen molar-refractivity contribution in [3.05, 3.63) is 35.9 Å². The highest BCUT2D eigenvalue weighted by Gasteiger charge is 2.47. The van der Waals surface area contributed by atoms with Crippen LogP contribution in [0, 0.1) is 0 Å². The van der Waals surface area contributed by atoms with Crippen molar-refractivity contribution in [3.63, 3.8) is 0 Å². The van der Waals surface area contributed by atoms with E-state index >= 15 is 0 Å². The standard InChI is InChI=1S/C29H30N4O14/c1-16(34)30-18(12-44-26(30)39)7-22(35)31-19(13-45-27(31)40)8-23(36)32-20(14-46-28(32)41)9-24(37)33-21(15-47-29(33)42)10-25(38)43-11-17-5-3-2-4-6-17/h2-6,18-21H,7-15H2,1H3/t18-,19-,20-,21-/m0/s1. The minimum absolute atomic E-state index is 0.0140. The van der Waals surface area contributed by atoms with Crippen LogP contribution in [0.4, 0.5) is 19.2 Å². The van der Waals surface area contributed by atoms with E-state index in [1.165, 1.54) is 0 Å². The van der Waals surface area contributed by atoms with Gasteiger partial charge in [-0.2, -0.15) is 0 Å². The number of benzene rings is 1. The summed E-state index contributed by atoms with van der Waals surface area (Å²) in [6.07, 6.45) is -6.07. The highest BCUT2D eigenvalue weighted by Crippen LogP contribution is 2.26. The summed E-state index contributed by atoms with van der Waals surface area (Å²) in [7, 11) is 0. The molecule has 4 aliphatic heterocycles. The van der Waals surface area contributed by atoms with Crippen LogP contribution in [0.2, 0.25) is 0 Å². The molecule has 0 aromatic heterocycles. The summed E-state index contributed by atoms with van der Waals surface area (Å²) in [5.74, 6) is -3.93. The first-order valence-corrected chi connectivity index (χ1v) is 14.6. The Morgan fingerprint density at radius 3 is 1.36 bits per heavy atom. The molecule has 4 heterocycles. The largest absolute Gasteiger partial charge is 0.461 e. The minimum atomic E-state index is -1.16. The summed E-state index contributed by atoms with van der Waals surface area (Å²) >= 11 is 0. The van der Waals surface area contributed by atoms with Crippen LogP contribution in [0.15, 0.2) is 30.3 Å². The molecule has 5 rings (SSSR count). The Labute approximate surface area is 266 Å². The smallest absolute Gasteiger partial charge is 0.416 e. The molecule has 4 saturated heterocycles. The fraction of sp³-hybridized carbons (Fsp3) is 0.483. The van der Waals surface area contributed by atoms with E-state index in [1.807, 2.05) is 0 Å². The van der Waals surface area contributed by atoms with Crippen LogP contribution in [0.5, 0.6) is 0 Å². The van der Waals surface area contributed by atoms with Gasteiger partial charge in [0.05, 0.1) is 49.9 Å². The number of carbonyl (C=O) groups excluding carboxylic acids is 9. The van der Waals surface area contributed by atoms with Crippen molar-refractivity contribution in [1.82, 2.24) is 19.6 Å². The van der Waals surface area contributed by atoms with Gasteiger partial charge in [-0.05, 0) is 5.56 Å². The van der Waals surface area contributed by atoms with Crippen LogP contribution in [0.3, 0.4) is 0 Å². The highest BCUT2D eigenvalue weighted by atomic mass is 16.6. The van der Waals surface area contributed by atoms with Gasteiger partial charge in [0.15, 0.2) is 0 Å². The van der Waals surface area contributed by atoms with Gasteiger partial charge in [0.25, 0.3) is 0 Å². The Morgan fingerprint density at radius 2 is 0.957 bits per heavy atom. The molecule has 0 bridgehead atoms. The Hall–Kier alpha value is -5.55.